The van der Waals surface area contributed by atoms with Crippen LogP contribution in [0.4, 0.5) is 4.79 Å². The number of carbonyl (C=O) groups is 1. The van der Waals surface area contributed by atoms with Gasteiger partial charge < -0.3 is 15.3 Å². The maximum absolute atomic E-state index is 11.8. The minimum atomic E-state index is -0.853. The number of allylic oxidation sites excluding steroid dienone is 1. The largest absolute Gasteiger partial charge is 0.389 e. The zero-order valence-electron chi connectivity index (χ0n) is 10.4. The highest BCUT2D eigenvalue weighted by molar-refractivity contribution is 5.74. The highest BCUT2D eigenvalue weighted by Crippen LogP contribution is 2.10. The summed E-state index contributed by atoms with van der Waals surface area (Å²) >= 11 is 0. The molecule has 1 aliphatic carbocycles. The van der Waals surface area contributed by atoms with Gasteiger partial charge in [0.15, 0.2) is 0 Å². The molecular weight excluding hydrogens is 204 g/mol. The van der Waals surface area contributed by atoms with Crippen LogP contribution in [0.25, 0.3) is 0 Å². The topological polar surface area (TPSA) is 52.6 Å². The summed E-state index contributed by atoms with van der Waals surface area (Å²) in [6.45, 7) is 3.71. The van der Waals surface area contributed by atoms with Gasteiger partial charge in [0.1, 0.15) is 0 Å². The molecule has 0 saturated carbocycles. The van der Waals surface area contributed by atoms with E-state index in [0.29, 0.717) is 6.54 Å². The fourth-order valence-corrected chi connectivity index (χ4v) is 1.85. The normalized spacial score (nSPS) is 20.6. The third kappa shape index (κ3) is 4.66. The number of nitrogens with zero attached hydrogens (tertiary/aromatic N) is 1. The summed E-state index contributed by atoms with van der Waals surface area (Å²) in [6.07, 6.45) is 7.37. The molecule has 1 rings (SSSR count). The van der Waals surface area contributed by atoms with E-state index in [1.807, 2.05) is 6.08 Å². The van der Waals surface area contributed by atoms with Gasteiger partial charge in [0.05, 0.1) is 12.1 Å². The Labute approximate surface area is 97.3 Å². The van der Waals surface area contributed by atoms with E-state index < -0.39 is 5.60 Å². The minimum absolute atomic E-state index is 0.126. The summed E-state index contributed by atoms with van der Waals surface area (Å²) in [5.41, 5.74) is -0.853. The summed E-state index contributed by atoms with van der Waals surface area (Å²) in [5.74, 6) is 0. The lowest BCUT2D eigenvalue weighted by atomic mass is 10.0. The monoisotopic (exact) mass is 226 g/mol. The third-order valence-electron chi connectivity index (χ3n) is 2.53. The van der Waals surface area contributed by atoms with Crippen LogP contribution in [-0.4, -0.2) is 41.3 Å². The van der Waals surface area contributed by atoms with Crippen molar-refractivity contribution in [2.45, 2.75) is 44.8 Å². The van der Waals surface area contributed by atoms with E-state index in [1.54, 1.807) is 20.9 Å². The Kier molecular flexibility index (Phi) is 4.35. The van der Waals surface area contributed by atoms with Gasteiger partial charge in [0, 0.05) is 13.1 Å². The minimum Gasteiger partial charge on any atom is -0.389 e. The molecule has 1 aliphatic rings. The average Bonchev–Trinajstić information content (AvgIpc) is 2.16. The van der Waals surface area contributed by atoms with Crippen LogP contribution in [0.3, 0.4) is 0 Å². The van der Waals surface area contributed by atoms with E-state index in [-0.39, 0.29) is 12.1 Å². The second-order valence-corrected chi connectivity index (χ2v) is 5.08. The molecule has 0 heterocycles. The molecule has 0 aliphatic heterocycles. The molecule has 0 aromatic heterocycles. The van der Waals surface area contributed by atoms with Crippen LogP contribution < -0.4 is 5.32 Å². The zero-order valence-corrected chi connectivity index (χ0v) is 10.4. The Morgan fingerprint density at radius 2 is 2.31 bits per heavy atom. The molecule has 0 radical (unpaired) electrons. The second-order valence-electron chi connectivity index (χ2n) is 5.08. The molecule has 0 fully saturated rings. The number of hydrogen-bond acceptors (Lipinski definition) is 2. The molecule has 4 nitrogen and oxygen atoms in total. The number of aliphatic hydroxyl groups is 1. The standard InChI is InChI=1S/C12H22N2O2/c1-12(2,16)9-14(3)11(15)13-10-7-5-4-6-8-10/h5,7,10,16H,4,6,8-9H2,1-3H3,(H,13,15). The molecule has 2 amide bonds. The molecule has 0 spiro atoms. The van der Waals surface area contributed by atoms with Gasteiger partial charge in [-0.1, -0.05) is 12.2 Å². The van der Waals surface area contributed by atoms with E-state index in [4.69, 9.17) is 0 Å². The summed E-state index contributed by atoms with van der Waals surface area (Å²) in [6, 6.07) is 0.0178. The van der Waals surface area contributed by atoms with Crippen molar-refractivity contribution < 1.29 is 9.90 Å². The third-order valence-corrected chi connectivity index (χ3v) is 2.53. The van der Waals surface area contributed by atoms with Crippen LogP contribution in [0.1, 0.15) is 33.1 Å². The van der Waals surface area contributed by atoms with Crippen molar-refractivity contribution in [3.05, 3.63) is 12.2 Å². The maximum atomic E-state index is 11.8. The van der Waals surface area contributed by atoms with Crippen LogP contribution >= 0.6 is 0 Å². The van der Waals surface area contributed by atoms with Crippen LogP contribution in [0.15, 0.2) is 12.2 Å². The first-order valence-corrected chi connectivity index (χ1v) is 5.79. The Balaban J connectivity index is 2.39. The Hall–Kier alpha value is -1.03. The fraction of sp³-hybridized carbons (Fsp3) is 0.750. The molecule has 16 heavy (non-hydrogen) atoms. The predicted molar refractivity (Wildman–Crippen MR) is 64.2 cm³/mol. The van der Waals surface area contributed by atoms with Crippen molar-refractivity contribution >= 4 is 6.03 Å². The number of nitrogens with one attached hydrogen (secondary N) is 1. The Morgan fingerprint density at radius 3 is 2.81 bits per heavy atom. The van der Waals surface area contributed by atoms with Crippen molar-refractivity contribution in [1.29, 1.82) is 0 Å². The lowest BCUT2D eigenvalue weighted by molar-refractivity contribution is 0.0529. The van der Waals surface area contributed by atoms with Crippen molar-refractivity contribution in [3.63, 3.8) is 0 Å². The van der Waals surface area contributed by atoms with Gasteiger partial charge in [-0.15, -0.1) is 0 Å². The summed E-state index contributed by atoms with van der Waals surface area (Å²) in [4.78, 5) is 13.3. The van der Waals surface area contributed by atoms with Crippen LogP contribution in [0.2, 0.25) is 0 Å². The lowest BCUT2D eigenvalue weighted by Gasteiger charge is -2.28. The molecule has 2 N–H and O–H groups in total. The second kappa shape index (κ2) is 5.34. The smallest absolute Gasteiger partial charge is 0.317 e. The first kappa shape index (κ1) is 13.0. The van der Waals surface area contributed by atoms with Gasteiger partial charge in [-0.05, 0) is 33.1 Å². The quantitative estimate of drug-likeness (QED) is 0.717. The zero-order chi connectivity index (χ0) is 12.2. The van der Waals surface area contributed by atoms with Crippen molar-refractivity contribution in [1.82, 2.24) is 10.2 Å². The predicted octanol–water partition coefficient (Wildman–Crippen LogP) is 1.51. The number of likely N-dealkylation sites (N-methyl/N-ethyl adjacent to an activating group) is 1. The van der Waals surface area contributed by atoms with Gasteiger partial charge in [-0.25, -0.2) is 4.79 Å². The highest BCUT2D eigenvalue weighted by atomic mass is 16.3. The SMILES string of the molecule is CN(CC(C)(C)O)C(=O)NC1C=CCCC1. The molecule has 0 saturated heterocycles. The fourth-order valence-electron chi connectivity index (χ4n) is 1.85. The molecule has 1 unspecified atom stereocenters. The maximum Gasteiger partial charge on any atom is 0.317 e. The molecule has 0 aromatic carbocycles. The van der Waals surface area contributed by atoms with Gasteiger partial charge in [0.2, 0.25) is 0 Å². The number of hydrogen-bond donors (Lipinski definition) is 2. The number of carbonyl (C=O) groups excluding carboxylic acids is 1. The van der Waals surface area contributed by atoms with E-state index in [1.165, 1.54) is 4.90 Å². The molecule has 92 valence electrons. The molecule has 0 bridgehead atoms. The molecular formula is C12H22N2O2. The van der Waals surface area contributed by atoms with Gasteiger partial charge in [-0.3, -0.25) is 0 Å². The van der Waals surface area contributed by atoms with Gasteiger partial charge in [0.25, 0.3) is 0 Å². The average molecular weight is 226 g/mol. The summed E-state index contributed by atoms with van der Waals surface area (Å²) < 4.78 is 0. The first-order valence-electron chi connectivity index (χ1n) is 5.79. The summed E-state index contributed by atoms with van der Waals surface area (Å²) in [7, 11) is 1.69. The van der Waals surface area contributed by atoms with Crippen LogP contribution in [0.5, 0.6) is 0 Å². The number of rotatable bonds is 3. The van der Waals surface area contributed by atoms with Crippen molar-refractivity contribution in [2.75, 3.05) is 13.6 Å². The van der Waals surface area contributed by atoms with Crippen molar-refractivity contribution in [2.24, 2.45) is 0 Å². The van der Waals surface area contributed by atoms with E-state index >= 15 is 0 Å². The first-order chi connectivity index (χ1) is 7.38. The molecule has 4 heteroatoms. The molecule has 1 atom stereocenters. The van der Waals surface area contributed by atoms with Crippen LogP contribution in [-0.2, 0) is 0 Å². The van der Waals surface area contributed by atoms with Crippen LogP contribution in [0, 0.1) is 0 Å². The van der Waals surface area contributed by atoms with Crippen molar-refractivity contribution in [3.8, 4) is 0 Å². The Bertz CT molecular complexity index is 269. The lowest BCUT2D eigenvalue weighted by Crippen LogP contribution is -2.47. The highest BCUT2D eigenvalue weighted by Gasteiger charge is 2.20. The van der Waals surface area contributed by atoms with Gasteiger partial charge >= 0.3 is 6.03 Å². The number of amides is 2. The summed E-state index contributed by atoms with van der Waals surface area (Å²) in [5, 5.41) is 12.5. The van der Waals surface area contributed by atoms with E-state index in [9.17, 15) is 9.90 Å². The Morgan fingerprint density at radius 1 is 1.62 bits per heavy atom. The van der Waals surface area contributed by atoms with E-state index in [0.717, 1.165) is 19.3 Å². The van der Waals surface area contributed by atoms with E-state index in [2.05, 4.69) is 11.4 Å². The van der Waals surface area contributed by atoms with Gasteiger partial charge in [-0.2, -0.15) is 0 Å². The molecule has 0 aromatic rings. The number of urea groups is 1.